The van der Waals surface area contributed by atoms with Gasteiger partial charge in [0, 0.05) is 31.5 Å². The van der Waals surface area contributed by atoms with Crippen molar-refractivity contribution in [3.8, 4) is 0 Å². The van der Waals surface area contributed by atoms with Gasteiger partial charge in [-0.25, -0.2) is 0 Å². The van der Waals surface area contributed by atoms with Crippen LogP contribution in [-0.2, 0) is 4.74 Å². The number of ether oxygens (including phenoxy) is 1. The van der Waals surface area contributed by atoms with Gasteiger partial charge in [0.2, 0.25) is 0 Å². The number of methoxy groups -OCH3 is 1. The van der Waals surface area contributed by atoms with Crippen LogP contribution in [0.3, 0.4) is 0 Å². The third-order valence-corrected chi connectivity index (χ3v) is 3.15. The molecule has 0 heterocycles. The highest BCUT2D eigenvalue weighted by atomic mass is 16.5. The highest BCUT2D eigenvalue weighted by molar-refractivity contribution is 5.94. The van der Waals surface area contributed by atoms with Gasteiger partial charge < -0.3 is 15.4 Å². The molecule has 1 aliphatic carbocycles. The van der Waals surface area contributed by atoms with E-state index >= 15 is 0 Å². The molecule has 0 radical (unpaired) electrons. The molecular formula is C13H18N2O2. The molecule has 1 aromatic rings. The van der Waals surface area contributed by atoms with E-state index in [2.05, 4.69) is 10.6 Å². The third kappa shape index (κ3) is 2.77. The molecule has 0 aliphatic heterocycles. The van der Waals surface area contributed by atoms with Crippen molar-refractivity contribution in [2.24, 2.45) is 0 Å². The number of rotatable bonds is 4. The predicted molar refractivity (Wildman–Crippen MR) is 67.3 cm³/mol. The summed E-state index contributed by atoms with van der Waals surface area (Å²) in [5, 5.41) is 6.02. The van der Waals surface area contributed by atoms with Crippen molar-refractivity contribution in [1.29, 1.82) is 0 Å². The Bertz CT molecular complexity index is 400. The fourth-order valence-electron chi connectivity index (χ4n) is 2.01. The lowest BCUT2D eigenvalue weighted by Gasteiger charge is -2.35. The molecule has 1 fully saturated rings. The molecule has 1 aromatic carbocycles. The maximum absolute atomic E-state index is 11.5. The molecule has 17 heavy (non-hydrogen) atoms. The van der Waals surface area contributed by atoms with Crippen molar-refractivity contribution >= 4 is 11.6 Å². The van der Waals surface area contributed by atoms with E-state index in [1.807, 2.05) is 24.3 Å². The first-order chi connectivity index (χ1) is 8.22. The van der Waals surface area contributed by atoms with Crippen LogP contribution in [0.4, 0.5) is 5.69 Å². The molecule has 0 atom stereocenters. The van der Waals surface area contributed by atoms with Gasteiger partial charge >= 0.3 is 0 Å². The van der Waals surface area contributed by atoms with E-state index in [9.17, 15) is 4.79 Å². The zero-order chi connectivity index (χ0) is 12.3. The van der Waals surface area contributed by atoms with Crippen LogP contribution in [0.5, 0.6) is 0 Å². The minimum Gasteiger partial charge on any atom is -0.382 e. The van der Waals surface area contributed by atoms with Gasteiger partial charge in [-0.05, 0) is 31.0 Å². The Labute approximate surface area is 101 Å². The number of carbonyl (C=O) groups is 1. The minimum atomic E-state index is -0.0583. The maximum atomic E-state index is 11.5. The Morgan fingerprint density at radius 2 is 2.18 bits per heavy atom. The molecule has 0 bridgehead atoms. The summed E-state index contributed by atoms with van der Waals surface area (Å²) in [4.78, 5) is 11.5. The molecule has 1 saturated carbocycles. The van der Waals surface area contributed by atoms with Crippen LogP contribution >= 0.6 is 0 Å². The monoisotopic (exact) mass is 234 g/mol. The van der Waals surface area contributed by atoms with Gasteiger partial charge in [0.1, 0.15) is 0 Å². The lowest BCUT2D eigenvalue weighted by Crippen LogP contribution is -2.40. The van der Waals surface area contributed by atoms with Crippen molar-refractivity contribution in [3.05, 3.63) is 29.8 Å². The van der Waals surface area contributed by atoms with Crippen LogP contribution in [0.1, 0.15) is 23.2 Å². The molecule has 0 saturated heterocycles. The highest BCUT2D eigenvalue weighted by Gasteiger charge is 2.28. The Kier molecular flexibility index (Phi) is 3.64. The molecule has 4 heteroatoms. The van der Waals surface area contributed by atoms with E-state index < -0.39 is 0 Å². The minimum absolute atomic E-state index is 0.0583. The second-order valence-corrected chi connectivity index (χ2v) is 4.33. The number of amides is 1. The number of benzene rings is 1. The van der Waals surface area contributed by atoms with Crippen molar-refractivity contribution in [1.82, 2.24) is 5.32 Å². The first-order valence-electron chi connectivity index (χ1n) is 5.84. The molecule has 4 nitrogen and oxygen atoms in total. The average molecular weight is 234 g/mol. The molecule has 1 amide bonds. The SMILES string of the molecule is CNC(=O)c1cccc(NC2CC(OC)C2)c1. The van der Waals surface area contributed by atoms with Gasteiger partial charge in [-0.3, -0.25) is 4.79 Å². The largest absolute Gasteiger partial charge is 0.382 e. The zero-order valence-corrected chi connectivity index (χ0v) is 10.2. The summed E-state index contributed by atoms with van der Waals surface area (Å²) in [5.74, 6) is -0.0583. The first-order valence-corrected chi connectivity index (χ1v) is 5.84. The molecule has 0 spiro atoms. The number of anilines is 1. The molecule has 92 valence electrons. The first kappa shape index (κ1) is 11.9. The quantitative estimate of drug-likeness (QED) is 0.832. The second-order valence-electron chi connectivity index (χ2n) is 4.33. The fraction of sp³-hybridized carbons (Fsp3) is 0.462. The molecule has 0 aromatic heterocycles. The summed E-state index contributed by atoms with van der Waals surface area (Å²) in [6, 6.07) is 8.01. The van der Waals surface area contributed by atoms with Gasteiger partial charge in [0.25, 0.3) is 5.91 Å². The normalized spacial score (nSPS) is 22.7. The topological polar surface area (TPSA) is 50.4 Å². The molecule has 2 rings (SSSR count). The number of hydrogen-bond donors (Lipinski definition) is 2. The standard InChI is InChI=1S/C13H18N2O2/c1-14-13(16)9-4-3-5-10(6-9)15-11-7-12(8-11)17-2/h3-6,11-12,15H,7-8H2,1-2H3,(H,14,16). The predicted octanol–water partition coefficient (Wildman–Crippen LogP) is 1.64. The maximum Gasteiger partial charge on any atom is 0.251 e. The lowest BCUT2D eigenvalue weighted by atomic mass is 9.89. The van der Waals surface area contributed by atoms with E-state index in [4.69, 9.17) is 4.74 Å². The van der Waals surface area contributed by atoms with Gasteiger partial charge in [0.15, 0.2) is 0 Å². The van der Waals surface area contributed by atoms with Crippen molar-refractivity contribution in [2.45, 2.75) is 25.0 Å². The second kappa shape index (κ2) is 5.19. The number of hydrogen-bond acceptors (Lipinski definition) is 3. The highest BCUT2D eigenvalue weighted by Crippen LogP contribution is 2.26. The fourth-order valence-corrected chi connectivity index (χ4v) is 2.01. The summed E-state index contributed by atoms with van der Waals surface area (Å²) < 4.78 is 5.23. The summed E-state index contributed by atoms with van der Waals surface area (Å²) in [6.45, 7) is 0. The van der Waals surface area contributed by atoms with E-state index in [-0.39, 0.29) is 5.91 Å². The van der Waals surface area contributed by atoms with Crippen LogP contribution < -0.4 is 10.6 Å². The third-order valence-electron chi connectivity index (χ3n) is 3.15. The molecule has 1 aliphatic rings. The van der Waals surface area contributed by atoms with Gasteiger partial charge in [-0.15, -0.1) is 0 Å². The lowest BCUT2D eigenvalue weighted by molar-refractivity contribution is 0.0328. The Balaban J connectivity index is 1.95. The summed E-state index contributed by atoms with van der Waals surface area (Å²) in [6.07, 6.45) is 2.44. The average Bonchev–Trinajstić information content (AvgIpc) is 2.32. The molecule has 2 N–H and O–H groups in total. The van der Waals surface area contributed by atoms with Crippen molar-refractivity contribution < 1.29 is 9.53 Å². The van der Waals surface area contributed by atoms with Crippen molar-refractivity contribution in [3.63, 3.8) is 0 Å². The van der Waals surface area contributed by atoms with E-state index in [0.29, 0.717) is 17.7 Å². The van der Waals surface area contributed by atoms with Gasteiger partial charge in [-0.1, -0.05) is 6.07 Å². The van der Waals surface area contributed by atoms with Crippen LogP contribution in [0.15, 0.2) is 24.3 Å². The molecule has 0 unspecified atom stereocenters. The van der Waals surface area contributed by atoms with Crippen LogP contribution in [0.25, 0.3) is 0 Å². The smallest absolute Gasteiger partial charge is 0.251 e. The van der Waals surface area contributed by atoms with E-state index in [1.54, 1.807) is 14.2 Å². The summed E-state index contributed by atoms with van der Waals surface area (Å²) in [5.41, 5.74) is 1.67. The summed E-state index contributed by atoms with van der Waals surface area (Å²) >= 11 is 0. The Morgan fingerprint density at radius 1 is 1.41 bits per heavy atom. The Hall–Kier alpha value is -1.55. The number of carbonyl (C=O) groups excluding carboxylic acids is 1. The summed E-state index contributed by atoms with van der Waals surface area (Å²) in [7, 11) is 3.38. The van der Waals surface area contributed by atoms with Crippen LogP contribution in [-0.4, -0.2) is 32.2 Å². The van der Waals surface area contributed by atoms with E-state index in [0.717, 1.165) is 18.5 Å². The Morgan fingerprint density at radius 3 is 2.82 bits per heavy atom. The van der Waals surface area contributed by atoms with Crippen LogP contribution in [0, 0.1) is 0 Å². The molecular weight excluding hydrogens is 216 g/mol. The zero-order valence-electron chi connectivity index (χ0n) is 10.2. The number of nitrogens with one attached hydrogen (secondary N) is 2. The van der Waals surface area contributed by atoms with Gasteiger partial charge in [-0.2, -0.15) is 0 Å². The van der Waals surface area contributed by atoms with Gasteiger partial charge in [0.05, 0.1) is 6.10 Å². The van der Waals surface area contributed by atoms with Crippen LogP contribution in [0.2, 0.25) is 0 Å². The van der Waals surface area contributed by atoms with Crippen molar-refractivity contribution in [2.75, 3.05) is 19.5 Å². The van der Waals surface area contributed by atoms with E-state index in [1.165, 1.54) is 0 Å².